The number of aromatic nitrogens is 1. The smallest absolute Gasteiger partial charge is 0.339 e. The van der Waals surface area contributed by atoms with E-state index in [0.29, 0.717) is 0 Å². The molecule has 1 fully saturated rings. The minimum absolute atomic E-state index is 0.0708. The van der Waals surface area contributed by atoms with Crippen LogP contribution in [0.1, 0.15) is 23.2 Å². The maximum absolute atomic E-state index is 12.5. The van der Waals surface area contributed by atoms with Crippen LogP contribution in [0.25, 0.3) is 0 Å². The summed E-state index contributed by atoms with van der Waals surface area (Å²) in [6.07, 6.45) is -3.05. The van der Waals surface area contributed by atoms with Crippen molar-refractivity contribution in [1.82, 2.24) is 9.88 Å². The highest BCUT2D eigenvalue weighted by Crippen LogP contribution is 2.34. The lowest BCUT2D eigenvalue weighted by atomic mass is 9.96. The molecule has 2 rings (SSSR count). The zero-order valence-corrected chi connectivity index (χ0v) is 10.0. The third kappa shape index (κ3) is 3.15. The van der Waals surface area contributed by atoms with Crippen LogP contribution >= 0.6 is 0 Å². The molecular weight excluding hydrogens is 261 g/mol. The third-order valence-corrected chi connectivity index (χ3v) is 3.28. The molecule has 4 nitrogen and oxygen atoms in total. The number of alkyl halides is 3. The van der Waals surface area contributed by atoms with Crippen LogP contribution in [0.5, 0.6) is 0 Å². The summed E-state index contributed by atoms with van der Waals surface area (Å²) >= 11 is 0. The number of carbonyl (C=O) groups excluding carboxylic acids is 1. The van der Waals surface area contributed by atoms with Crippen LogP contribution in [0.15, 0.2) is 23.1 Å². The molecule has 0 aliphatic carbocycles. The van der Waals surface area contributed by atoms with E-state index in [9.17, 15) is 22.8 Å². The predicted molar refractivity (Wildman–Crippen MR) is 61.7 cm³/mol. The fourth-order valence-corrected chi connectivity index (χ4v) is 2.14. The number of amides is 1. The number of pyridine rings is 1. The van der Waals surface area contributed by atoms with Gasteiger partial charge in [0, 0.05) is 25.4 Å². The second-order valence-electron chi connectivity index (χ2n) is 4.55. The van der Waals surface area contributed by atoms with Crippen molar-refractivity contribution in [2.24, 2.45) is 5.92 Å². The minimum atomic E-state index is -4.19. The number of rotatable bonds is 1. The molecule has 7 heteroatoms. The summed E-state index contributed by atoms with van der Waals surface area (Å²) in [6, 6.07) is 2.59. The molecule has 0 radical (unpaired) electrons. The van der Waals surface area contributed by atoms with E-state index in [0.717, 1.165) is 0 Å². The largest absolute Gasteiger partial charge is 0.391 e. The van der Waals surface area contributed by atoms with Crippen molar-refractivity contribution in [1.29, 1.82) is 0 Å². The van der Waals surface area contributed by atoms with Crippen molar-refractivity contribution in [2.45, 2.75) is 19.0 Å². The van der Waals surface area contributed by atoms with E-state index in [1.807, 2.05) is 0 Å². The van der Waals surface area contributed by atoms with Gasteiger partial charge in [-0.25, -0.2) is 0 Å². The van der Waals surface area contributed by atoms with E-state index in [4.69, 9.17) is 0 Å². The van der Waals surface area contributed by atoms with Crippen LogP contribution < -0.4 is 5.56 Å². The summed E-state index contributed by atoms with van der Waals surface area (Å²) in [5, 5.41) is 0. The van der Waals surface area contributed by atoms with Gasteiger partial charge in [-0.15, -0.1) is 0 Å². The van der Waals surface area contributed by atoms with Gasteiger partial charge in [0.2, 0.25) is 5.56 Å². The van der Waals surface area contributed by atoms with E-state index >= 15 is 0 Å². The molecule has 0 aromatic carbocycles. The molecular formula is C12H13F3N2O2. The summed E-state index contributed by atoms with van der Waals surface area (Å²) in [7, 11) is 0. The van der Waals surface area contributed by atoms with Gasteiger partial charge in [-0.05, 0) is 18.9 Å². The van der Waals surface area contributed by atoms with Crippen molar-refractivity contribution in [3.63, 3.8) is 0 Å². The zero-order chi connectivity index (χ0) is 14.0. The second kappa shape index (κ2) is 5.07. The first kappa shape index (κ1) is 13.6. The molecule has 0 unspecified atom stereocenters. The Bertz CT molecular complexity index is 496. The molecule has 0 saturated carbocycles. The summed E-state index contributed by atoms with van der Waals surface area (Å²) in [5.74, 6) is -1.68. The highest BCUT2D eigenvalue weighted by Gasteiger charge is 2.41. The van der Waals surface area contributed by atoms with Gasteiger partial charge >= 0.3 is 6.18 Å². The number of carbonyl (C=O) groups is 1. The second-order valence-corrected chi connectivity index (χ2v) is 4.55. The Kier molecular flexibility index (Phi) is 3.64. The topological polar surface area (TPSA) is 53.2 Å². The molecule has 1 aliphatic heterocycles. The van der Waals surface area contributed by atoms with E-state index < -0.39 is 12.1 Å². The van der Waals surface area contributed by atoms with Crippen LogP contribution in [-0.4, -0.2) is 35.1 Å². The first-order chi connectivity index (χ1) is 8.88. The molecule has 1 aliphatic rings. The van der Waals surface area contributed by atoms with Crippen molar-refractivity contribution >= 4 is 5.91 Å². The number of nitrogens with zero attached hydrogens (tertiary/aromatic N) is 1. The Morgan fingerprint density at radius 1 is 1.26 bits per heavy atom. The highest BCUT2D eigenvalue weighted by atomic mass is 19.4. The summed E-state index contributed by atoms with van der Waals surface area (Å²) in [4.78, 5) is 26.6. The fourth-order valence-electron chi connectivity index (χ4n) is 2.14. The van der Waals surface area contributed by atoms with Crippen molar-refractivity contribution in [2.75, 3.05) is 13.1 Å². The summed E-state index contributed by atoms with van der Waals surface area (Å²) < 4.78 is 37.5. The van der Waals surface area contributed by atoms with Gasteiger partial charge in [0.25, 0.3) is 5.91 Å². The number of H-pyrrole nitrogens is 1. The monoisotopic (exact) mass is 274 g/mol. The van der Waals surface area contributed by atoms with E-state index in [1.165, 1.54) is 23.2 Å². The molecule has 2 heterocycles. The lowest BCUT2D eigenvalue weighted by Crippen LogP contribution is -2.42. The third-order valence-electron chi connectivity index (χ3n) is 3.28. The number of aromatic amines is 1. The number of piperidine rings is 1. The molecule has 1 saturated heterocycles. The average Bonchev–Trinajstić information content (AvgIpc) is 2.38. The lowest BCUT2D eigenvalue weighted by molar-refractivity contribution is -0.183. The molecule has 0 atom stereocenters. The normalized spacial score (nSPS) is 17.5. The van der Waals surface area contributed by atoms with E-state index in [1.54, 1.807) is 0 Å². The van der Waals surface area contributed by atoms with Gasteiger partial charge in [0.15, 0.2) is 0 Å². The Morgan fingerprint density at radius 2 is 1.89 bits per heavy atom. The molecule has 0 spiro atoms. The van der Waals surface area contributed by atoms with Crippen molar-refractivity contribution in [3.8, 4) is 0 Å². The van der Waals surface area contributed by atoms with Gasteiger partial charge in [-0.1, -0.05) is 0 Å². The summed E-state index contributed by atoms with van der Waals surface area (Å²) in [6.45, 7) is 0.171. The first-order valence-electron chi connectivity index (χ1n) is 5.92. The first-order valence-corrected chi connectivity index (χ1v) is 5.92. The van der Waals surface area contributed by atoms with E-state index in [-0.39, 0.29) is 43.0 Å². The zero-order valence-electron chi connectivity index (χ0n) is 10.0. The minimum Gasteiger partial charge on any atom is -0.339 e. The van der Waals surface area contributed by atoms with Gasteiger partial charge in [0.05, 0.1) is 11.5 Å². The fraction of sp³-hybridized carbons (Fsp3) is 0.500. The number of hydrogen-bond acceptors (Lipinski definition) is 2. The average molecular weight is 274 g/mol. The predicted octanol–water partition coefficient (Wildman–Crippen LogP) is 1.79. The van der Waals surface area contributed by atoms with Crippen LogP contribution in [0.4, 0.5) is 13.2 Å². The standard InChI is InChI=1S/C12H13F3N2O2/c13-12(14,15)9-3-5-17(6-4-9)11(19)8-1-2-10(18)16-7-8/h1-2,7,9H,3-6H2,(H,16,18). The Morgan fingerprint density at radius 3 is 2.37 bits per heavy atom. The Balaban J connectivity index is 2.00. The van der Waals surface area contributed by atoms with E-state index in [2.05, 4.69) is 4.98 Å². The van der Waals surface area contributed by atoms with Crippen molar-refractivity contribution in [3.05, 3.63) is 34.2 Å². The van der Waals surface area contributed by atoms with Gasteiger partial charge in [-0.2, -0.15) is 13.2 Å². The molecule has 104 valence electrons. The van der Waals surface area contributed by atoms with Crippen molar-refractivity contribution < 1.29 is 18.0 Å². The maximum Gasteiger partial charge on any atom is 0.391 e. The van der Waals surface area contributed by atoms with Crippen LogP contribution in [-0.2, 0) is 0 Å². The lowest BCUT2D eigenvalue weighted by Gasteiger charge is -2.32. The van der Waals surface area contributed by atoms with Gasteiger partial charge in [0.1, 0.15) is 0 Å². The molecule has 0 bridgehead atoms. The quantitative estimate of drug-likeness (QED) is 0.848. The van der Waals surface area contributed by atoms with Crippen LogP contribution in [0.3, 0.4) is 0 Å². The highest BCUT2D eigenvalue weighted by molar-refractivity contribution is 5.93. The molecule has 1 aromatic heterocycles. The Labute approximate surface area is 107 Å². The van der Waals surface area contributed by atoms with Gasteiger partial charge < -0.3 is 9.88 Å². The molecule has 1 aromatic rings. The number of halogens is 3. The number of nitrogens with one attached hydrogen (secondary N) is 1. The van der Waals surface area contributed by atoms with Crippen LogP contribution in [0, 0.1) is 5.92 Å². The summed E-state index contributed by atoms with van der Waals surface area (Å²) in [5.41, 5.74) is -0.0441. The Hall–Kier alpha value is -1.79. The van der Waals surface area contributed by atoms with Gasteiger partial charge in [-0.3, -0.25) is 9.59 Å². The number of hydrogen-bond donors (Lipinski definition) is 1. The van der Waals surface area contributed by atoms with Crippen LogP contribution in [0.2, 0.25) is 0 Å². The maximum atomic E-state index is 12.5. The SMILES string of the molecule is O=C(c1ccc(=O)[nH]c1)N1CCC(C(F)(F)F)CC1. The molecule has 1 N–H and O–H groups in total. The molecule has 19 heavy (non-hydrogen) atoms. The molecule has 1 amide bonds. The number of likely N-dealkylation sites (tertiary alicyclic amines) is 1.